The van der Waals surface area contributed by atoms with Crippen LogP contribution in [0.15, 0.2) is 16.6 Å². The van der Waals surface area contributed by atoms with Crippen LogP contribution in [-0.4, -0.2) is 12.5 Å². The van der Waals surface area contributed by atoms with Crippen LogP contribution < -0.4 is 11.1 Å². The van der Waals surface area contributed by atoms with Crippen molar-refractivity contribution >= 4 is 50.7 Å². The fourth-order valence-corrected chi connectivity index (χ4v) is 3.00. The zero-order valence-corrected chi connectivity index (χ0v) is 15.4. The molecule has 1 rings (SSSR count). The third-order valence-electron chi connectivity index (χ3n) is 3.53. The van der Waals surface area contributed by atoms with Gasteiger partial charge in [-0.15, -0.1) is 0 Å². The number of carbonyl (C=O) groups excluding carboxylic acids is 1. The highest BCUT2D eigenvalue weighted by atomic mass is 79.9. The van der Waals surface area contributed by atoms with Gasteiger partial charge in [-0.1, -0.05) is 37.0 Å². The lowest BCUT2D eigenvalue weighted by Gasteiger charge is -2.19. The molecule has 3 N–H and O–H groups in total. The van der Waals surface area contributed by atoms with Gasteiger partial charge in [-0.25, -0.2) is 0 Å². The fourth-order valence-electron chi connectivity index (χ4n) is 2.18. The minimum atomic E-state index is -0.0574. The minimum Gasteiger partial charge on any atom is -0.330 e. The van der Waals surface area contributed by atoms with Crippen LogP contribution in [-0.2, 0) is 4.79 Å². The summed E-state index contributed by atoms with van der Waals surface area (Å²) in [7, 11) is 0. The highest BCUT2D eigenvalue weighted by Crippen LogP contribution is 2.36. The number of nitrogens with two attached hydrogens (primary N) is 1. The predicted octanol–water partition coefficient (Wildman–Crippen LogP) is 5.10. The highest BCUT2D eigenvalue weighted by Gasteiger charge is 2.16. The van der Waals surface area contributed by atoms with Crippen molar-refractivity contribution in [1.82, 2.24) is 0 Å². The molecule has 1 unspecified atom stereocenters. The van der Waals surface area contributed by atoms with Gasteiger partial charge in [0.2, 0.25) is 5.91 Å². The Kier molecular flexibility index (Phi) is 8.03. The van der Waals surface area contributed by atoms with Gasteiger partial charge in [0.05, 0.1) is 15.7 Å². The largest absolute Gasteiger partial charge is 0.330 e. The van der Waals surface area contributed by atoms with E-state index >= 15 is 0 Å². The summed E-state index contributed by atoms with van der Waals surface area (Å²) in [5.74, 6) is 0.926. The molecule has 6 heteroatoms. The Morgan fingerprint density at radius 1 is 1.29 bits per heavy atom. The van der Waals surface area contributed by atoms with E-state index in [0.29, 0.717) is 45.0 Å². The van der Waals surface area contributed by atoms with Gasteiger partial charge in [-0.3, -0.25) is 4.79 Å². The number of halogens is 3. The summed E-state index contributed by atoms with van der Waals surface area (Å²) in [5.41, 5.74) is 6.15. The molecule has 1 amide bonds. The van der Waals surface area contributed by atoms with E-state index in [1.807, 2.05) is 0 Å². The van der Waals surface area contributed by atoms with Crippen LogP contribution in [0.1, 0.15) is 33.1 Å². The number of nitrogens with one attached hydrogen (secondary N) is 1. The number of hydrogen-bond acceptors (Lipinski definition) is 2. The second-order valence-electron chi connectivity index (χ2n) is 5.39. The second-order valence-corrected chi connectivity index (χ2v) is 7.00. The second kappa shape index (κ2) is 8.99. The molecule has 1 aromatic carbocycles. The van der Waals surface area contributed by atoms with E-state index in [2.05, 4.69) is 35.1 Å². The van der Waals surface area contributed by atoms with Crippen molar-refractivity contribution < 1.29 is 4.79 Å². The first-order valence-corrected chi connectivity index (χ1v) is 8.55. The molecule has 0 spiro atoms. The summed E-state index contributed by atoms with van der Waals surface area (Å²) in [6.07, 6.45) is 2.21. The summed E-state index contributed by atoms with van der Waals surface area (Å²) in [4.78, 5) is 12.0. The summed E-state index contributed by atoms with van der Waals surface area (Å²) < 4.78 is 0.704. The normalized spacial score (nSPS) is 12.5. The first-order chi connectivity index (χ1) is 9.86. The third-order valence-corrected chi connectivity index (χ3v) is 5.30. The number of rotatable bonds is 7. The van der Waals surface area contributed by atoms with Crippen molar-refractivity contribution in [3.05, 3.63) is 26.7 Å². The van der Waals surface area contributed by atoms with Gasteiger partial charge in [0.25, 0.3) is 0 Å². The third kappa shape index (κ3) is 5.78. The molecule has 0 aliphatic heterocycles. The molecule has 0 radical (unpaired) electrons. The van der Waals surface area contributed by atoms with Gasteiger partial charge < -0.3 is 11.1 Å². The number of carbonyl (C=O) groups is 1. The molecule has 0 aromatic heterocycles. The maximum absolute atomic E-state index is 12.0. The lowest BCUT2D eigenvalue weighted by molar-refractivity contribution is -0.116. The Hall–Kier alpha value is -0.290. The summed E-state index contributed by atoms with van der Waals surface area (Å²) in [5, 5.41) is 3.56. The van der Waals surface area contributed by atoms with Gasteiger partial charge in [0, 0.05) is 10.9 Å². The molecule has 0 saturated carbocycles. The van der Waals surface area contributed by atoms with Crippen molar-refractivity contribution in [3.63, 3.8) is 0 Å². The molecule has 0 bridgehead atoms. The lowest BCUT2D eigenvalue weighted by Crippen LogP contribution is -2.18. The van der Waals surface area contributed by atoms with E-state index in [4.69, 9.17) is 28.9 Å². The highest BCUT2D eigenvalue weighted by molar-refractivity contribution is 9.10. The number of hydrogen-bond donors (Lipinski definition) is 2. The van der Waals surface area contributed by atoms with Gasteiger partial charge in [0.15, 0.2) is 0 Å². The summed E-state index contributed by atoms with van der Waals surface area (Å²) >= 11 is 15.4. The summed E-state index contributed by atoms with van der Waals surface area (Å²) in [6, 6.07) is 3.49. The Labute approximate surface area is 144 Å². The molecule has 118 valence electrons. The monoisotopic (exact) mass is 394 g/mol. The number of amides is 1. The van der Waals surface area contributed by atoms with E-state index in [0.717, 1.165) is 12.8 Å². The molecular formula is C15H21BrCl2N2O. The molecule has 0 heterocycles. The molecule has 0 aliphatic carbocycles. The maximum Gasteiger partial charge on any atom is 0.224 e. The topological polar surface area (TPSA) is 55.1 Å². The van der Waals surface area contributed by atoms with Gasteiger partial charge >= 0.3 is 0 Å². The Morgan fingerprint density at radius 2 is 1.95 bits per heavy atom. The van der Waals surface area contributed by atoms with Crippen LogP contribution >= 0.6 is 39.1 Å². The van der Waals surface area contributed by atoms with Crippen molar-refractivity contribution in [2.45, 2.75) is 33.1 Å². The SMILES string of the molecule is CC(C)C(CCN)CCC(=O)Nc1ccc(Br)c(Cl)c1Cl. The Balaban J connectivity index is 2.60. The number of anilines is 1. The van der Waals surface area contributed by atoms with Crippen molar-refractivity contribution in [2.24, 2.45) is 17.6 Å². The maximum atomic E-state index is 12.0. The lowest BCUT2D eigenvalue weighted by atomic mass is 9.88. The quantitative estimate of drug-likeness (QED) is 0.631. The van der Waals surface area contributed by atoms with Crippen LogP contribution in [0, 0.1) is 11.8 Å². The van der Waals surface area contributed by atoms with Crippen LogP contribution in [0.25, 0.3) is 0 Å². The van der Waals surface area contributed by atoms with Crippen molar-refractivity contribution in [3.8, 4) is 0 Å². The average Bonchev–Trinajstić information content (AvgIpc) is 2.43. The predicted molar refractivity (Wildman–Crippen MR) is 94.0 cm³/mol. The van der Waals surface area contributed by atoms with Crippen molar-refractivity contribution in [2.75, 3.05) is 11.9 Å². The standard InChI is InChI=1S/C15H21BrCl2N2O/c1-9(2)10(7-8-19)3-6-13(21)20-12-5-4-11(16)14(17)15(12)18/h4-5,9-10H,3,6-8,19H2,1-2H3,(H,20,21). The summed E-state index contributed by atoms with van der Waals surface area (Å²) in [6.45, 7) is 4.96. The minimum absolute atomic E-state index is 0.0574. The molecule has 0 fully saturated rings. The van der Waals surface area contributed by atoms with E-state index in [1.165, 1.54) is 0 Å². The first kappa shape index (κ1) is 18.8. The molecule has 21 heavy (non-hydrogen) atoms. The van der Waals surface area contributed by atoms with E-state index < -0.39 is 0 Å². The molecule has 1 atom stereocenters. The zero-order chi connectivity index (χ0) is 16.0. The van der Waals surface area contributed by atoms with E-state index in [1.54, 1.807) is 12.1 Å². The van der Waals surface area contributed by atoms with Crippen LogP contribution in [0.2, 0.25) is 10.0 Å². The van der Waals surface area contributed by atoms with Gasteiger partial charge in [-0.05, 0) is 59.3 Å². The molecule has 0 aliphatic rings. The molecular weight excluding hydrogens is 375 g/mol. The van der Waals surface area contributed by atoms with E-state index in [9.17, 15) is 4.79 Å². The zero-order valence-electron chi connectivity index (χ0n) is 12.3. The van der Waals surface area contributed by atoms with Crippen molar-refractivity contribution in [1.29, 1.82) is 0 Å². The van der Waals surface area contributed by atoms with Crippen LogP contribution in [0.4, 0.5) is 5.69 Å². The van der Waals surface area contributed by atoms with Crippen LogP contribution in [0.5, 0.6) is 0 Å². The molecule has 0 saturated heterocycles. The van der Waals surface area contributed by atoms with Crippen LogP contribution in [0.3, 0.4) is 0 Å². The smallest absolute Gasteiger partial charge is 0.224 e. The van der Waals surface area contributed by atoms with Gasteiger partial charge in [0.1, 0.15) is 0 Å². The Morgan fingerprint density at radius 3 is 2.52 bits per heavy atom. The molecule has 1 aromatic rings. The fraction of sp³-hybridized carbons (Fsp3) is 0.533. The van der Waals surface area contributed by atoms with Gasteiger partial charge in [-0.2, -0.15) is 0 Å². The first-order valence-electron chi connectivity index (χ1n) is 7.00. The average molecular weight is 396 g/mol. The number of benzene rings is 1. The Bertz CT molecular complexity index is 495. The van der Waals surface area contributed by atoms with E-state index in [-0.39, 0.29) is 5.91 Å². The molecule has 3 nitrogen and oxygen atoms in total.